The number of nitrogens with two attached hydrogens (primary N) is 1. The van der Waals surface area contributed by atoms with Gasteiger partial charge in [0.1, 0.15) is 0 Å². The van der Waals surface area contributed by atoms with Crippen molar-refractivity contribution in [3.8, 4) is 11.4 Å². The van der Waals surface area contributed by atoms with Crippen LogP contribution in [0.2, 0.25) is 0 Å². The van der Waals surface area contributed by atoms with Gasteiger partial charge in [-0.2, -0.15) is 0 Å². The van der Waals surface area contributed by atoms with E-state index < -0.39 is 0 Å². The summed E-state index contributed by atoms with van der Waals surface area (Å²) in [4.78, 5) is 8.88. The molecule has 3 heteroatoms. The summed E-state index contributed by atoms with van der Waals surface area (Å²) in [6.07, 6.45) is 1.84. The van der Waals surface area contributed by atoms with E-state index in [1.807, 2.05) is 54.7 Å². The first-order valence-corrected chi connectivity index (χ1v) is 5.41. The minimum atomic E-state index is 0.726. The first-order chi connectivity index (χ1) is 8.33. The Balaban J connectivity index is 2.14. The van der Waals surface area contributed by atoms with Gasteiger partial charge in [0.05, 0.1) is 5.52 Å². The predicted molar refractivity (Wildman–Crippen MR) is 69.4 cm³/mol. The number of nitrogen functional groups attached to an aromatic ring is 1. The van der Waals surface area contributed by atoms with Crippen molar-refractivity contribution in [1.29, 1.82) is 0 Å². The van der Waals surface area contributed by atoms with Gasteiger partial charge in [0.2, 0.25) is 0 Å². The Kier molecular flexibility index (Phi) is 2.22. The summed E-state index contributed by atoms with van der Waals surface area (Å²) >= 11 is 0. The van der Waals surface area contributed by atoms with Gasteiger partial charge in [0.25, 0.3) is 0 Å². The largest absolute Gasteiger partial charge is 0.399 e. The Bertz CT molecular complexity index is 660. The third-order valence-electron chi connectivity index (χ3n) is 2.66. The molecule has 2 N–H and O–H groups in total. The van der Waals surface area contributed by atoms with E-state index in [0.29, 0.717) is 0 Å². The predicted octanol–water partition coefficient (Wildman–Crippen LogP) is 2.88. The van der Waals surface area contributed by atoms with Crippen LogP contribution in [0, 0.1) is 0 Å². The third kappa shape index (κ3) is 1.83. The number of para-hydroxylation sites is 1. The molecule has 1 heterocycles. The molecule has 0 fully saturated rings. The van der Waals surface area contributed by atoms with Crippen molar-refractivity contribution < 1.29 is 0 Å². The van der Waals surface area contributed by atoms with Gasteiger partial charge in [-0.05, 0) is 30.3 Å². The number of anilines is 1. The monoisotopic (exact) mass is 221 g/mol. The van der Waals surface area contributed by atoms with Gasteiger partial charge in [0, 0.05) is 22.8 Å². The van der Waals surface area contributed by atoms with E-state index in [9.17, 15) is 0 Å². The highest BCUT2D eigenvalue weighted by Gasteiger charge is 2.02. The van der Waals surface area contributed by atoms with Crippen molar-refractivity contribution in [2.45, 2.75) is 0 Å². The van der Waals surface area contributed by atoms with Crippen molar-refractivity contribution in [1.82, 2.24) is 9.97 Å². The van der Waals surface area contributed by atoms with Gasteiger partial charge in [-0.1, -0.05) is 18.2 Å². The fourth-order valence-corrected chi connectivity index (χ4v) is 1.74. The summed E-state index contributed by atoms with van der Waals surface area (Å²) in [6.45, 7) is 0. The average molecular weight is 221 g/mol. The standard InChI is InChI=1S/C14H11N3/c15-12-7-5-10(6-8-12)14-16-9-11-3-1-2-4-13(11)17-14/h1-9H,15H2. The van der Waals surface area contributed by atoms with Gasteiger partial charge < -0.3 is 5.73 Å². The Morgan fingerprint density at radius 3 is 2.47 bits per heavy atom. The lowest BCUT2D eigenvalue weighted by atomic mass is 10.2. The molecule has 0 aliphatic carbocycles. The van der Waals surface area contributed by atoms with E-state index in [4.69, 9.17) is 5.73 Å². The van der Waals surface area contributed by atoms with Crippen molar-refractivity contribution in [3.05, 3.63) is 54.7 Å². The fraction of sp³-hybridized carbons (Fsp3) is 0. The minimum Gasteiger partial charge on any atom is -0.399 e. The highest BCUT2D eigenvalue weighted by atomic mass is 14.9. The molecule has 17 heavy (non-hydrogen) atoms. The van der Waals surface area contributed by atoms with Gasteiger partial charge >= 0.3 is 0 Å². The molecular formula is C14H11N3. The molecule has 3 rings (SSSR count). The van der Waals surface area contributed by atoms with Crippen LogP contribution in [0.1, 0.15) is 0 Å². The second kappa shape index (κ2) is 3.87. The average Bonchev–Trinajstić information content (AvgIpc) is 2.39. The zero-order chi connectivity index (χ0) is 11.7. The molecule has 3 aromatic rings. The van der Waals surface area contributed by atoms with E-state index in [2.05, 4.69) is 9.97 Å². The number of nitrogens with zero attached hydrogens (tertiary/aromatic N) is 2. The number of hydrogen-bond acceptors (Lipinski definition) is 3. The summed E-state index contributed by atoms with van der Waals surface area (Å²) < 4.78 is 0. The number of aromatic nitrogens is 2. The third-order valence-corrected chi connectivity index (χ3v) is 2.66. The lowest BCUT2D eigenvalue weighted by Crippen LogP contribution is -1.90. The molecule has 82 valence electrons. The van der Waals surface area contributed by atoms with Crippen molar-refractivity contribution in [2.75, 3.05) is 5.73 Å². The maximum absolute atomic E-state index is 5.65. The van der Waals surface area contributed by atoms with Crippen LogP contribution in [0.3, 0.4) is 0 Å². The smallest absolute Gasteiger partial charge is 0.159 e. The fourth-order valence-electron chi connectivity index (χ4n) is 1.74. The molecule has 0 bridgehead atoms. The molecule has 2 aromatic carbocycles. The Labute approximate surface area is 98.9 Å². The molecule has 0 saturated heterocycles. The van der Waals surface area contributed by atoms with Crippen LogP contribution in [0.4, 0.5) is 5.69 Å². The molecule has 0 aliphatic rings. The SMILES string of the molecule is Nc1ccc(-c2ncc3ccccc3n2)cc1. The zero-order valence-electron chi connectivity index (χ0n) is 9.17. The number of rotatable bonds is 1. The molecule has 3 nitrogen and oxygen atoms in total. The first kappa shape index (κ1) is 9.78. The van der Waals surface area contributed by atoms with Crippen LogP contribution >= 0.6 is 0 Å². The molecule has 1 aromatic heterocycles. The number of fused-ring (bicyclic) bond motifs is 1. The summed E-state index contributed by atoms with van der Waals surface area (Å²) in [6, 6.07) is 15.5. The molecule has 0 atom stereocenters. The van der Waals surface area contributed by atoms with Crippen LogP contribution in [-0.2, 0) is 0 Å². The number of hydrogen-bond donors (Lipinski definition) is 1. The maximum atomic E-state index is 5.65. The molecule has 0 spiro atoms. The van der Waals surface area contributed by atoms with Crippen LogP contribution in [-0.4, -0.2) is 9.97 Å². The van der Waals surface area contributed by atoms with E-state index in [1.54, 1.807) is 0 Å². The molecule has 0 radical (unpaired) electrons. The molecule has 0 unspecified atom stereocenters. The second-order valence-electron chi connectivity index (χ2n) is 3.87. The highest BCUT2D eigenvalue weighted by molar-refractivity contribution is 5.79. The Hall–Kier alpha value is -2.42. The topological polar surface area (TPSA) is 51.8 Å². The van der Waals surface area contributed by atoms with Gasteiger partial charge in [-0.15, -0.1) is 0 Å². The molecule has 0 aliphatic heterocycles. The first-order valence-electron chi connectivity index (χ1n) is 5.41. The van der Waals surface area contributed by atoms with E-state index in [0.717, 1.165) is 28.0 Å². The summed E-state index contributed by atoms with van der Waals surface area (Å²) in [7, 11) is 0. The van der Waals surface area contributed by atoms with Gasteiger partial charge in [0.15, 0.2) is 5.82 Å². The van der Waals surface area contributed by atoms with E-state index >= 15 is 0 Å². The van der Waals surface area contributed by atoms with Crippen LogP contribution < -0.4 is 5.73 Å². The van der Waals surface area contributed by atoms with Crippen molar-refractivity contribution in [3.63, 3.8) is 0 Å². The quantitative estimate of drug-likeness (QED) is 0.643. The van der Waals surface area contributed by atoms with Crippen LogP contribution in [0.15, 0.2) is 54.7 Å². The summed E-state index contributed by atoms with van der Waals surface area (Å²) in [5.41, 5.74) is 8.33. The summed E-state index contributed by atoms with van der Waals surface area (Å²) in [5, 5.41) is 1.05. The summed E-state index contributed by atoms with van der Waals surface area (Å²) in [5.74, 6) is 0.726. The maximum Gasteiger partial charge on any atom is 0.159 e. The second-order valence-corrected chi connectivity index (χ2v) is 3.87. The normalized spacial score (nSPS) is 10.6. The lowest BCUT2D eigenvalue weighted by Gasteiger charge is -2.02. The van der Waals surface area contributed by atoms with Gasteiger partial charge in [-0.25, -0.2) is 9.97 Å². The van der Waals surface area contributed by atoms with Gasteiger partial charge in [-0.3, -0.25) is 0 Å². The Morgan fingerprint density at radius 1 is 0.882 bits per heavy atom. The molecule has 0 amide bonds. The van der Waals surface area contributed by atoms with E-state index in [1.165, 1.54) is 0 Å². The Morgan fingerprint density at radius 2 is 1.65 bits per heavy atom. The minimum absolute atomic E-state index is 0.726. The van der Waals surface area contributed by atoms with Crippen molar-refractivity contribution in [2.24, 2.45) is 0 Å². The highest BCUT2D eigenvalue weighted by Crippen LogP contribution is 2.19. The zero-order valence-corrected chi connectivity index (χ0v) is 9.17. The van der Waals surface area contributed by atoms with Crippen LogP contribution in [0.25, 0.3) is 22.3 Å². The molecular weight excluding hydrogens is 210 g/mol. The lowest BCUT2D eigenvalue weighted by molar-refractivity contribution is 1.23. The molecule has 0 saturated carbocycles. The number of benzene rings is 2. The van der Waals surface area contributed by atoms with Crippen molar-refractivity contribution >= 4 is 16.6 Å². The van der Waals surface area contributed by atoms with Crippen LogP contribution in [0.5, 0.6) is 0 Å². The van der Waals surface area contributed by atoms with E-state index in [-0.39, 0.29) is 0 Å².